The fourth-order valence-corrected chi connectivity index (χ4v) is 2.32. The quantitative estimate of drug-likeness (QED) is 0.926. The molecule has 1 saturated heterocycles. The molecule has 0 saturated carbocycles. The first-order valence-electron chi connectivity index (χ1n) is 6.01. The van der Waals surface area contributed by atoms with Gasteiger partial charge in [-0.05, 0) is 36.6 Å². The number of hydrogen-bond donors (Lipinski definition) is 1. The Bertz CT molecular complexity index is 364. The third kappa shape index (κ3) is 3.69. The summed E-state index contributed by atoms with van der Waals surface area (Å²) in [7, 11) is 0. The van der Waals surface area contributed by atoms with Gasteiger partial charge in [0.25, 0.3) is 0 Å². The molecule has 3 nitrogen and oxygen atoms in total. The Hall–Kier alpha value is -0.580. The van der Waals surface area contributed by atoms with Crippen LogP contribution in [0, 0.1) is 0 Å². The van der Waals surface area contributed by atoms with Gasteiger partial charge in [0.15, 0.2) is 0 Å². The van der Waals surface area contributed by atoms with E-state index in [0.717, 1.165) is 30.5 Å². The van der Waals surface area contributed by atoms with Crippen molar-refractivity contribution in [3.05, 3.63) is 28.2 Å². The number of ether oxygens (including phenoxy) is 2. The van der Waals surface area contributed by atoms with E-state index in [1.165, 1.54) is 11.3 Å². The first kappa shape index (κ1) is 12.9. The molecule has 1 heterocycles. The molecular weight excluding hydrogens is 282 g/mol. The molecule has 0 aromatic heterocycles. The van der Waals surface area contributed by atoms with Crippen LogP contribution in [0.4, 0.5) is 5.69 Å². The zero-order valence-corrected chi connectivity index (χ0v) is 11.6. The van der Waals surface area contributed by atoms with Gasteiger partial charge in [0.1, 0.15) is 6.79 Å². The van der Waals surface area contributed by atoms with Crippen LogP contribution < -0.4 is 5.32 Å². The van der Waals surface area contributed by atoms with Gasteiger partial charge in [-0.1, -0.05) is 22.9 Å². The smallest absolute Gasteiger partial charge is 0.147 e. The van der Waals surface area contributed by atoms with Crippen LogP contribution >= 0.6 is 15.9 Å². The maximum absolute atomic E-state index is 5.50. The predicted molar refractivity (Wildman–Crippen MR) is 72.3 cm³/mol. The summed E-state index contributed by atoms with van der Waals surface area (Å²) in [4.78, 5) is 0. The van der Waals surface area contributed by atoms with Gasteiger partial charge in [-0.25, -0.2) is 0 Å². The molecular formula is C13H18BrNO2. The Morgan fingerprint density at radius 1 is 1.47 bits per heavy atom. The lowest BCUT2D eigenvalue weighted by atomic mass is 10.1. The van der Waals surface area contributed by atoms with Gasteiger partial charge < -0.3 is 14.8 Å². The number of halogens is 1. The number of rotatable bonds is 4. The highest BCUT2D eigenvalue weighted by molar-refractivity contribution is 9.10. The first-order chi connectivity index (χ1) is 8.29. The van der Waals surface area contributed by atoms with Gasteiger partial charge in [0, 0.05) is 16.7 Å². The van der Waals surface area contributed by atoms with Crippen LogP contribution in [0.1, 0.15) is 18.9 Å². The van der Waals surface area contributed by atoms with Crippen LogP contribution in [0.5, 0.6) is 0 Å². The van der Waals surface area contributed by atoms with Gasteiger partial charge in [-0.15, -0.1) is 0 Å². The summed E-state index contributed by atoms with van der Waals surface area (Å²) in [6, 6.07) is 6.34. The van der Waals surface area contributed by atoms with E-state index in [9.17, 15) is 0 Å². The van der Waals surface area contributed by atoms with Crippen molar-refractivity contribution in [1.82, 2.24) is 0 Å². The number of anilines is 1. The summed E-state index contributed by atoms with van der Waals surface area (Å²) in [5, 5.41) is 3.46. The predicted octanol–water partition coefficient (Wildman–Crippen LogP) is 3.19. The molecule has 0 amide bonds. The highest BCUT2D eigenvalue weighted by Crippen LogP contribution is 2.22. The zero-order chi connectivity index (χ0) is 12.1. The van der Waals surface area contributed by atoms with E-state index in [1.807, 2.05) is 0 Å². The van der Waals surface area contributed by atoms with Crippen LogP contribution in [0.15, 0.2) is 22.7 Å². The van der Waals surface area contributed by atoms with Gasteiger partial charge >= 0.3 is 0 Å². The highest BCUT2D eigenvalue weighted by atomic mass is 79.9. The van der Waals surface area contributed by atoms with Crippen molar-refractivity contribution in [3.8, 4) is 0 Å². The van der Waals surface area contributed by atoms with Crippen LogP contribution in [0.25, 0.3) is 0 Å². The van der Waals surface area contributed by atoms with E-state index in [2.05, 4.69) is 46.4 Å². The second-order valence-corrected chi connectivity index (χ2v) is 5.06. The maximum atomic E-state index is 5.50. The Morgan fingerprint density at radius 3 is 3.06 bits per heavy atom. The summed E-state index contributed by atoms with van der Waals surface area (Å²) in [6.45, 7) is 4.23. The molecule has 1 aromatic carbocycles. The van der Waals surface area contributed by atoms with E-state index in [-0.39, 0.29) is 6.10 Å². The molecule has 1 aliphatic heterocycles. The summed E-state index contributed by atoms with van der Waals surface area (Å²) in [5.41, 5.74) is 2.53. The molecule has 94 valence electrons. The molecule has 1 aromatic rings. The number of aryl methyl sites for hydroxylation is 1. The second-order valence-electron chi connectivity index (χ2n) is 4.14. The average Bonchev–Trinajstić information content (AvgIpc) is 2.38. The fraction of sp³-hybridized carbons (Fsp3) is 0.538. The van der Waals surface area contributed by atoms with Crippen molar-refractivity contribution >= 4 is 21.6 Å². The first-order valence-corrected chi connectivity index (χ1v) is 6.80. The minimum Gasteiger partial charge on any atom is -0.382 e. The minimum atomic E-state index is 0.261. The lowest BCUT2D eigenvalue weighted by molar-refractivity contribution is -0.133. The topological polar surface area (TPSA) is 30.5 Å². The molecule has 1 fully saturated rings. The second kappa shape index (κ2) is 6.38. The van der Waals surface area contributed by atoms with Crippen molar-refractivity contribution in [3.63, 3.8) is 0 Å². The van der Waals surface area contributed by atoms with E-state index in [1.54, 1.807) is 0 Å². The summed E-state index contributed by atoms with van der Waals surface area (Å²) >= 11 is 3.50. The molecule has 17 heavy (non-hydrogen) atoms. The van der Waals surface area contributed by atoms with Gasteiger partial charge in [0.05, 0.1) is 12.7 Å². The highest BCUT2D eigenvalue weighted by Gasteiger charge is 2.14. The lowest BCUT2D eigenvalue weighted by Gasteiger charge is -2.24. The Balaban J connectivity index is 1.93. The van der Waals surface area contributed by atoms with Gasteiger partial charge in [-0.3, -0.25) is 0 Å². The Labute approximate surface area is 111 Å². The van der Waals surface area contributed by atoms with Crippen LogP contribution in [0.3, 0.4) is 0 Å². The van der Waals surface area contributed by atoms with Crippen molar-refractivity contribution in [1.29, 1.82) is 0 Å². The fourth-order valence-electron chi connectivity index (χ4n) is 1.91. The largest absolute Gasteiger partial charge is 0.382 e. The molecule has 2 rings (SSSR count). The van der Waals surface area contributed by atoms with Crippen molar-refractivity contribution in [2.75, 3.05) is 25.3 Å². The minimum absolute atomic E-state index is 0.261. The molecule has 0 aliphatic carbocycles. The molecule has 0 radical (unpaired) electrons. The third-order valence-corrected chi connectivity index (χ3v) is 3.43. The lowest BCUT2D eigenvalue weighted by Crippen LogP contribution is -2.30. The van der Waals surface area contributed by atoms with Crippen molar-refractivity contribution in [2.24, 2.45) is 0 Å². The SMILES string of the molecule is CCc1cc(Br)ccc1NCC1CCOCO1. The molecule has 1 atom stereocenters. The summed E-state index contributed by atoms with van der Waals surface area (Å²) < 4.78 is 11.8. The standard InChI is InChI=1S/C13H18BrNO2/c1-2-10-7-11(14)3-4-13(10)15-8-12-5-6-16-9-17-12/h3-4,7,12,15H,2,5-6,8-9H2,1H3. The monoisotopic (exact) mass is 299 g/mol. The van der Waals surface area contributed by atoms with Gasteiger partial charge in [-0.2, -0.15) is 0 Å². The number of nitrogens with one attached hydrogen (secondary N) is 1. The maximum Gasteiger partial charge on any atom is 0.147 e. The summed E-state index contributed by atoms with van der Waals surface area (Å²) in [6.07, 6.45) is 2.25. The molecule has 1 N–H and O–H groups in total. The normalized spacial score (nSPS) is 20.2. The molecule has 0 spiro atoms. The Morgan fingerprint density at radius 2 is 2.35 bits per heavy atom. The van der Waals surface area contributed by atoms with Crippen LogP contribution in [-0.4, -0.2) is 26.0 Å². The van der Waals surface area contributed by atoms with Gasteiger partial charge in [0.2, 0.25) is 0 Å². The molecule has 1 unspecified atom stereocenters. The Kier molecular flexibility index (Phi) is 4.83. The van der Waals surface area contributed by atoms with Crippen LogP contribution in [-0.2, 0) is 15.9 Å². The molecule has 4 heteroatoms. The number of hydrogen-bond acceptors (Lipinski definition) is 3. The van der Waals surface area contributed by atoms with Crippen molar-refractivity contribution < 1.29 is 9.47 Å². The number of benzene rings is 1. The zero-order valence-electron chi connectivity index (χ0n) is 10.0. The molecule has 0 bridgehead atoms. The van der Waals surface area contributed by atoms with Crippen molar-refractivity contribution in [2.45, 2.75) is 25.9 Å². The van der Waals surface area contributed by atoms with E-state index in [4.69, 9.17) is 9.47 Å². The third-order valence-electron chi connectivity index (χ3n) is 2.94. The molecule has 1 aliphatic rings. The van der Waals surface area contributed by atoms with E-state index < -0.39 is 0 Å². The van der Waals surface area contributed by atoms with E-state index in [0.29, 0.717) is 6.79 Å². The van der Waals surface area contributed by atoms with E-state index >= 15 is 0 Å². The summed E-state index contributed by atoms with van der Waals surface area (Å²) in [5.74, 6) is 0. The van der Waals surface area contributed by atoms with Crippen LogP contribution in [0.2, 0.25) is 0 Å². The average molecular weight is 300 g/mol.